The molecule has 1 heterocycles. The molecule has 1 aliphatic rings. The Kier molecular flexibility index (Phi) is 6.33. The molecule has 0 atom stereocenters. The standard InChI is InChI=1S/C15H21FN2OS/c16-13-2-4-14(5-3-13)20-11-1-8-18-15(19)12-6-9-17-10-7-12/h2-5,12,17H,1,6-11H2,(H,18,19). The SMILES string of the molecule is O=C(NCCCSc1ccc(F)cc1)C1CCNCC1. The third-order valence-electron chi connectivity index (χ3n) is 3.41. The lowest BCUT2D eigenvalue weighted by Crippen LogP contribution is -2.38. The van der Waals surface area contributed by atoms with E-state index in [1.165, 1.54) is 12.1 Å². The van der Waals surface area contributed by atoms with Gasteiger partial charge in [0.2, 0.25) is 5.91 Å². The number of thioether (sulfide) groups is 1. The van der Waals surface area contributed by atoms with E-state index in [2.05, 4.69) is 10.6 Å². The molecule has 1 saturated heterocycles. The lowest BCUT2D eigenvalue weighted by Gasteiger charge is -2.21. The zero-order valence-electron chi connectivity index (χ0n) is 11.5. The maximum Gasteiger partial charge on any atom is 0.223 e. The second-order valence-corrected chi connectivity index (χ2v) is 6.14. The molecule has 0 bridgehead atoms. The molecule has 0 spiro atoms. The second kappa shape index (κ2) is 8.27. The minimum absolute atomic E-state index is 0.181. The largest absolute Gasteiger partial charge is 0.356 e. The van der Waals surface area contributed by atoms with E-state index in [9.17, 15) is 9.18 Å². The molecular weight excluding hydrogens is 275 g/mol. The van der Waals surface area contributed by atoms with Crippen LogP contribution in [-0.2, 0) is 4.79 Å². The number of piperidine rings is 1. The van der Waals surface area contributed by atoms with E-state index in [1.807, 2.05) is 0 Å². The maximum atomic E-state index is 12.7. The number of nitrogens with one attached hydrogen (secondary N) is 2. The quantitative estimate of drug-likeness (QED) is 0.626. The summed E-state index contributed by atoms with van der Waals surface area (Å²) in [6, 6.07) is 6.52. The van der Waals surface area contributed by atoms with Crippen LogP contribution in [0.15, 0.2) is 29.2 Å². The fraction of sp³-hybridized carbons (Fsp3) is 0.533. The minimum Gasteiger partial charge on any atom is -0.356 e. The molecule has 2 rings (SSSR count). The molecule has 0 saturated carbocycles. The Hall–Kier alpha value is -1.07. The molecule has 3 nitrogen and oxygen atoms in total. The Morgan fingerprint density at radius 2 is 2.00 bits per heavy atom. The highest BCUT2D eigenvalue weighted by atomic mass is 32.2. The highest BCUT2D eigenvalue weighted by molar-refractivity contribution is 7.99. The van der Waals surface area contributed by atoms with Gasteiger partial charge >= 0.3 is 0 Å². The Bertz CT molecular complexity index is 418. The number of benzene rings is 1. The first kappa shape index (κ1) is 15.3. The van der Waals surface area contributed by atoms with Crippen LogP contribution < -0.4 is 10.6 Å². The van der Waals surface area contributed by atoms with Crippen molar-refractivity contribution in [1.82, 2.24) is 10.6 Å². The average Bonchev–Trinajstić information content (AvgIpc) is 2.49. The summed E-state index contributed by atoms with van der Waals surface area (Å²) in [4.78, 5) is 12.9. The number of rotatable bonds is 6. The molecule has 110 valence electrons. The Morgan fingerprint density at radius 3 is 2.70 bits per heavy atom. The van der Waals surface area contributed by atoms with Crippen LogP contribution in [0.2, 0.25) is 0 Å². The summed E-state index contributed by atoms with van der Waals surface area (Å²) >= 11 is 1.69. The van der Waals surface area contributed by atoms with Crippen LogP contribution in [0.5, 0.6) is 0 Å². The second-order valence-electron chi connectivity index (χ2n) is 4.97. The van der Waals surface area contributed by atoms with Gasteiger partial charge in [-0.1, -0.05) is 0 Å². The van der Waals surface area contributed by atoms with Gasteiger partial charge in [-0.25, -0.2) is 4.39 Å². The van der Waals surface area contributed by atoms with Crippen LogP contribution >= 0.6 is 11.8 Å². The topological polar surface area (TPSA) is 41.1 Å². The van der Waals surface area contributed by atoms with E-state index < -0.39 is 0 Å². The predicted molar refractivity (Wildman–Crippen MR) is 80.3 cm³/mol. The summed E-state index contributed by atoms with van der Waals surface area (Å²) in [5.41, 5.74) is 0. The number of carbonyl (C=O) groups excluding carboxylic acids is 1. The smallest absolute Gasteiger partial charge is 0.223 e. The highest BCUT2D eigenvalue weighted by Gasteiger charge is 2.19. The van der Waals surface area contributed by atoms with Crippen molar-refractivity contribution in [2.45, 2.75) is 24.2 Å². The molecule has 0 aromatic heterocycles. The van der Waals surface area contributed by atoms with Gasteiger partial charge in [-0.05, 0) is 62.4 Å². The van der Waals surface area contributed by atoms with Crippen LogP contribution in [0.3, 0.4) is 0 Å². The number of hydrogen-bond acceptors (Lipinski definition) is 3. The number of carbonyl (C=O) groups is 1. The van der Waals surface area contributed by atoms with E-state index in [4.69, 9.17) is 0 Å². The minimum atomic E-state index is -0.205. The van der Waals surface area contributed by atoms with Gasteiger partial charge in [0.15, 0.2) is 0 Å². The van der Waals surface area contributed by atoms with Crippen molar-refractivity contribution in [2.75, 3.05) is 25.4 Å². The molecule has 1 amide bonds. The van der Waals surface area contributed by atoms with Gasteiger partial charge in [-0.2, -0.15) is 0 Å². The monoisotopic (exact) mass is 296 g/mol. The fourth-order valence-electron chi connectivity index (χ4n) is 2.23. The van der Waals surface area contributed by atoms with E-state index >= 15 is 0 Å². The summed E-state index contributed by atoms with van der Waals surface area (Å²) in [7, 11) is 0. The van der Waals surface area contributed by atoms with Crippen molar-refractivity contribution in [3.63, 3.8) is 0 Å². The van der Waals surface area contributed by atoms with Gasteiger partial charge in [-0.3, -0.25) is 4.79 Å². The Morgan fingerprint density at radius 1 is 1.30 bits per heavy atom. The van der Waals surface area contributed by atoms with E-state index in [-0.39, 0.29) is 17.6 Å². The predicted octanol–water partition coefficient (Wildman–Crippen LogP) is 2.42. The van der Waals surface area contributed by atoms with Crippen LogP contribution in [0.1, 0.15) is 19.3 Å². The first-order chi connectivity index (χ1) is 9.75. The van der Waals surface area contributed by atoms with E-state index in [1.54, 1.807) is 23.9 Å². The van der Waals surface area contributed by atoms with Crippen molar-refractivity contribution < 1.29 is 9.18 Å². The van der Waals surface area contributed by atoms with Crippen LogP contribution in [-0.4, -0.2) is 31.3 Å². The maximum absolute atomic E-state index is 12.7. The van der Waals surface area contributed by atoms with Crippen molar-refractivity contribution >= 4 is 17.7 Å². The average molecular weight is 296 g/mol. The third kappa shape index (κ3) is 5.13. The molecule has 1 fully saturated rings. The summed E-state index contributed by atoms with van der Waals surface area (Å²) in [6.45, 7) is 2.61. The highest BCUT2D eigenvalue weighted by Crippen LogP contribution is 2.18. The van der Waals surface area contributed by atoms with E-state index in [0.29, 0.717) is 0 Å². The third-order valence-corrected chi connectivity index (χ3v) is 4.51. The van der Waals surface area contributed by atoms with Crippen molar-refractivity contribution in [2.24, 2.45) is 5.92 Å². The molecule has 0 unspecified atom stereocenters. The molecule has 1 aliphatic heterocycles. The summed E-state index contributed by atoms with van der Waals surface area (Å²) in [6.07, 6.45) is 2.81. The van der Waals surface area contributed by atoms with Crippen LogP contribution in [0.4, 0.5) is 4.39 Å². The zero-order valence-corrected chi connectivity index (χ0v) is 12.3. The number of hydrogen-bond donors (Lipinski definition) is 2. The van der Waals surface area contributed by atoms with Gasteiger partial charge in [0.05, 0.1) is 0 Å². The first-order valence-electron chi connectivity index (χ1n) is 7.12. The fourth-order valence-corrected chi connectivity index (χ4v) is 3.09. The van der Waals surface area contributed by atoms with Gasteiger partial charge in [0, 0.05) is 17.4 Å². The number of amides is 1. The molecule has 0 aliphatic carbocycles. The van der Waals surface area contributed by atoms with Crippen LogP contribution in [0.25, 0.3) is 0 Å². The van der Waals surface area contributed by atoms with Gasteiger partial charge in [-0.15, -0.1) is 11.8 Å². The first-order valence-corrected chi connectivity index (χ1v) is 8.11. The van der Waals surface area contributed by atoms with Crippen molar-refractivity contribution in [1.29, 1.82) is 0 Å². The molecule has 2 N–H and O–H groups in total. The summed E-state index contributed by atoms with van der Waals surface area (Å²) in [5, 5.41) is 6.27. The summed E-state index contributed by atoms with van der Waals surface area (Å²) < 4.78 is 12.7. The number of halogens is 1. The molecular formula is C15H21FN2OS. The zero-order chi connectivity index (χ0) is 14.2. The molecule has 20 heavy (non-hydrogen) atoms. The van der Waals surface area contributed by atoms with Crippen LogP contribution in [0, 0.1) is 11.7 Å². The molecule has 5 heteroatoms. The molecule has 1 aromatic carbocycles. The van der Waals surface area contributed by atoms with Gasteiger partial charge in [0.1, 0.15) is 5.82 Å². The van der Waals surface area contributed by atoms with E-state index in [0.717, 1.165) is 49.5 Å². The molecule has 0 radical (unpaired) electrons. The Balaban J connectivity index is 1.57. The normalized spacial score (nSPS) is 16.1. The molecule has 1 aromatic rings. The summed E-state index contributed by atoms with van der Waals surface area (Å²) in [5.74, 6) is 1.10. The van der Waals surface area contributed by atoms with Gasteiger partial charge < -0.3 is 10.6 Å². The van der Waals surface area contributed by atoms with Crippen molar-refractivity contribution in [3.05, 3.63) is 30.1 Å². The van der Waals surface area contributed by atoms with Gasteiger partial charge in [0.25, 0.3) is 0 Å². The lowest BCUT2D eigenvalue weighted by atomic mass is 9.97. The van der Waals surface area contributed by atoms with Crippen molar-refractivity contribution in [3.8, 4) is 0 Å². The Labute approximate surface area is 123 Å². The lowest BCUT2D eigenvalue weighted by molar-refractivity contribution is -0.125.